The summed E-state index contributed by atoms with van der Waals surface area (Å²) < 4.78 is 42.5. The zero-order valence-electron chi connectivity index (χ0n) is 27.8. The number of hydrogen-bond donors (Lipinski definition) is 1. The van der Waals surface area contributed by atoms with Crippen molar-refractivity contribution in [1.29, 1.82) is 0 Å². The number of fused-ring (bicyclic) bond motifs is 5. The number of benzene rings is 2. The summed E-state index contributed by atoms with van der Waals surface area (Å²) in [7, 11) is 1.01. The quantitative estimate of drug-likeness (QED) is 0.216. The topological polar surface area (TPSA) is 122 Å². The Balaban J connectivity index is 1.62. The second-order valence-electron chi connectivity index (χ2n) is 13.1. The maximum Gasteiger partial charge on any atom is 0.341 e. The molecule has 2 aromatic carbocycles. The zero-order valence-corrected chi connectivity index (χ0v) is 28.7. The molecule has 0 spiro atoms. The summed E-state index contributed by atoms with van der Waals surface area (Å²) in [5, 5.41) is 5.63. The van der Waals surface area contributed by atoms with Gasteiger partial charge in [0.2, 0.25) is 10.0 Å². The van der Waals surface area contributed by atoms with Crippen molar-refractivity contribution in [3.05, 3.63) is 70.0 Å². The molecule has 0 unspecified atom stereocenters. The van der Waals surface area contributed by atoms with Gasteiger partial charge in [0, 0.05) is 29.1 Å². The van der Waals surface area contributed by atoms with Crippen LogP contribution in [0.15, 0.2) is 36.4 Å². The number of rotatable bonds is 8. The predicted molar refractivity (Wildman–Crippen MR) is 183 cm³/mol. The molecule has 1 N–H and O–H groups in total. The van der Waals surface area contributed by atoms with Crippen molar-refractivity contribution in [1.82, 2.24) is 19.1 Å². The first kappa shape index (κ1) is 32.6. The van der Waals surface area contributed by atoms with Crippen molar-refractivity contribution in [2.24, 2.45) is 13.0 Å². The number of aryl methyl sites for hydroxylation is 2. The van der Waals surface area contributed by atoms with Gasteiger partial charge >= 0.3 is 5.97 Å². The highest BCUT2D eigenvalue weighted by molar-refractivity contribution is 7.90. The molecule has 47 heavy (non-hydrogen) atoms. The third-order valence-corrected chi connectivity index (χ3v) is 10.9. The van der Waals surface area contributed by atoms with E-state index in [-0.39, 0.29) is 17.2 Å². The maximum atomic E-state index is 13.4. The molecule has 1 aliphatic carbocycles. The van der Waals surface area contributed by atoms with Crippen LogP contribution < -0.4 is 9.46 Å². The highest BCUT2D eigenvalue weighted by Crippen LogP contribution is 2.48. The molecule has 1 aliphatic heterocycles. The fourth-order valence-corrected chi connectivity index (χ4v) is 8.74. The molecule has 10 nitrogen and oxygen atoms in total. The van der Waals surface area contributed by atoms with Crippen LogP contribution in [0.3, 0.4) is 0 Å². The number of amides is 1. The zero-order chi connectivity index (χ0) is 33.6. The van der Waals surface area contributed by atoms with Crippen LogP contribution in [-0.2, 0) is 28.4 Å². The summed E-state index contributed by atoms with van der Waals surface area (Å²) in [5.41, 5.74) is 7.76. The molecule has 11 heteroatoms. The first-order valence-electron chi connectivity index (χ1n) is 16.1. The monoisotopic (exact) mass is 658 g/mol. The molecule has 248 valence electrons. The number of hydrogen-bond acceptors (Lipinski definition) is 7. The van der Waals surface area contributed by atoms with Crippen LogP contribution in [0, 0.1) is 12.8 Å². The van der Waals surface area contributed by atoms with E-state index in [1.165, 1.54) is 19.1 Å². The van der Waals surface area contributed by atoms with Crippen LogP contribution in [0.2, 0.25) is 0 Å². The van der Waals surface area contributed by atoms with Gasteiger partial charge in [-0.2, -0.15) is 5.10 Å². The van der Waals surface area contributed by atoms with Gasteiger partial charge in [0.15, 0.2) is 0 Å². The van der Waals surface area contributed by atoms with Crippen molar-refractivity contribution in [3.8, 4) is 17.0 Å². The minimum atomic E-state index is -3.81. The van der Waals surface area contributed by atoms with Crippen LogP contribution in [0.5, 0.6) is 5.75 Å². The van der Waals surface area contributed by atoms with Gasteiger partial charge in [-0.05, 0) is 84.7 Å². The van der Waals surface area contributed by atoms with E-state index in [0.717, 1.165) is 59.0 Å². The Bertz CT molecular complexity index is 2030. The van der Waals surface area contributed by atoms with Gasteiger partial charge in [0.05, 0.1) is 43.6 Å². The fourth-order valence-electron chi connectivity index (χ4n) is 7.38. The van der Waals surface area contributed by atoms with E-state index in [1.807, 2.05) is 25.2 Å². The summed E-state index contributed by atoms with van der Waals surface area (Å²) in [6.45, 7) is 5.76. The number of sulfonamides is 1. The minimum Gasteiger partial charge on any atom is -0.497 e. The SMILES string of the molecule is COC(=O)c1c(C)nn(C)c1C1=Cc2cc(OC)ccc2-c2c(C3CCCCC3)c3ccc(C(=O)NS(=O)(=O)CC(C)C)cc3n2C1. The smallest absolute Gasteiger partial charge is 0.341 e. The standard InChI is InChI=1S/C36H42N4O6S/c1-21(2)20-47(43,44)38-35(41)24-12-14-29-30(18-24)40-19-26(33-31(36(42)46-6)22(3)37-39(33)4)16-25-17-27(45-5)13-15-28(25)34(40)32(29)23-10-8-7-9-11-23/h12-18,21,23H,7-11,19-20H2,1-6H3,(H,38,41). The van der Waals surface area contributed by atoms with Gasteiger partial charge in [-0.15, -0.1) is 0 Å². The molecule has 4 aromatic rings. The Labute approximate surface area is 275 Å². The number of allylic oxidation sites excluding steroid dienone is 1. The lowest BCUT2D eigenvalue weighted by Crippen LogP contribution is -2.33. The van der Waals surface area contributed by atoms with Crippen LogP contribution in [-0.4, -0.2) is 54.6 Å². The van der Waals surface area contributed by atoms with Crippen LogP contribution >= 0.6 is 0 Å². The Hall–Kier alpha value is -4.38. The van der Waals surface area contributed by atoms with Gasteiger partial charge in [0.1, 0.15) is 11.3 Å². The van der Waals surface area contributed by atoms with E-state index in [4.69, 9.17) is 9.47 Å². The van der Waals surface area contributed by atoms with E-state index >= 15 is 0 Å². The summed E-state index contributed by atoms with van der Waals surface area (Å²) in [6.07, 6.45) is 7.68. The molecule has 0 atom stereocenters. The number of carbonyl (C=O) groups is 2. The van der Waals surface area contributed by atoms with E-state index < -0.39 is 21.9 Å². The average molecular weight is 659 g/mol. The largest absolute Gasteiger partial charge is 0.497 e. The van der Waals surface area contributed by atoms with E-state index in [9.17, 15) is 18.0 Å². The Morgan fingerprint density at radius 3 is 2.47 bits per heavy atom. The van der Waals surface area contributed by atoms with Crippen molar-refractivity contribution < 1.29 is 27.5 Å². The predicted octanol–water partition coefficient (Wildman–Crippen LogP) is 6.46. The van der Waals surface area contributed by atoms with Crippen LogP contribution in [0.4, 0.5) is 0 Å². The molecule has 2 aliphatic rings. The highest BCUT2D eigenvalue weighted by Gasteiger charge is 2.32. The van der Waals surface area contributed by atoms with Crippen LogP contribution in [0.1, 0.15) is 95.1 Å². The molecule has 1 saturated carbocycles. The molecular weight excluding hydrogens is 616 g/mol. The van der Waals surface area contributed by atoms with E-state index in [2.05, 4.69) is 26.5 Å². The Kier molecular flexibility index (Phi) is 8.78. The number of aromatic nitrogens is 3. The summed E-state index contributed by atoms with van der Waals surface area (Å²) in [4.78, 5) is 26.5. The van der Waals surface area contributed by atoms with Crippen molar-refractivity contribution in [2.75, 3.05) is 20.0 Å². The lowest BCUT2D eigenvalue weighted by molar-refractivity contribution is 0.0599. The number of methoxy groups -OCH3 is 2. The summed E-state index contributed by atoms with van der Waals surface area (Å²) >= 11 is 0. The highest BCUT2D eigenvalue weighted by atomic mass is 32.2. The van der Waals surface area contributed by atoms with Crippen LogP contribution in [0.25, 0.3) is 33.8 Å². The van der Waals surface area contributed by atoms with E-state index in [1.54, 1.807) is 44.7 Å². The minimum absolute atomic E-state index is 0.128. The second-order valence-corrected chi connectivity index (χ2v) is 14.8. The third kappa shape index (κ3) is 6.08. The van der Waals surface area contributed by atoms with Gasteiger partial charge in [0.25, 0.3) is 5.91 Å². The molecule has 3 heterocycles. The molecule has 2 aromatic heterocycles. The molecule has 0 bridgehead atoms. The average Bonchev–Trinajstić information content (AvgIpc) is 3.45. The first-order chi connectivity index (χ1) is 22.4. The van der Waals surface area contributed by atoms with Gasteiger partial charge in [-0.1, -0.05) is 39.2 Å². The van der Waals surface area contributed by atoms with Crippen molar-refractivity contribution >= 4 is 44.5 Å². The molecule has 1 fully saturated rings. The second kappa shape index (κ2) is 12.7. The normalized spacial score (nSPS) is 15.2. The number of ether oxygens (including phenoxy) is 2. The molecular formula is C36H42N4O6S. The molecule has 6 rings (SSSR count). The number of nitrogens with one attached hydrogen (secondary N) is 1. The summed E-state index contributed by atoms with van der Waals surface area (Å²) in [6, 6.07) is 11.5. The third-order valence-electron chi connectivity index (χ3n) is 9.27. The van der Waals surface area contributed by atoms with Crippen molar-refractivity contribution in [2.45, 2.75) is 65.3 Å². The van der Waals surface area contributed by atoms with Gasteiger partial charge in [-0.25, -0.2) is 17.9 Å². The van der Waals surface area contributed by atoms with Gasteiger partial charge in [-0.3, -0.25) is 9.48 Å². The Morgan fingerprint density at radius 2 is 1.79 bits per heavy atom. The maximum absolute atomic E-state index is 13.4. The van der Waals surface area contributed by atoms with E-state index in [0.29, 0.717) is 35.2 Å². The molecule has 0 saturated heterocycles. The lowest BCUT2D eigenvalue weighted by atomic mass is 9.81. The number of carbonyl (C=O) groups excluding carboxylic acids is 2. The fraction of sp³-hybridized carbons (Fsp3) is 0.417. The van der Waals surface area contributed by atoms with Gasteiger partial charge < -0.3 is 14.0 Å². The lowest BCUT2D eigenvalue weighted by Gasteiger charge is -2.24. The number of esters is 1. The first-order valence-corrected chi connectivity index (χ1v) is 17.8. The summed E-state index contributed by atoms with van der Waals surface area (Å²) in [5.74, 6) is -0.380. The number of nitrogens with zero attached hydrogens (tertiary/aromatic N) is 3. The molecule has 1 amide bonds. The Morgan fingerprint density at radius 1 is 1.04 bits per heavy atom. The molecule has 0 radical (unpaired) electrons. The van der Waals surface area contributed by atoms with Crippen molar-refractivity contribution in [3.63, 3.8) is 0 Å².